The fraction of sp³-hybridized carbons (Fsp3) is 0.778. The number of esters is 2. The van der Waals surface area contributed by atoms with Crippen LogP contribution in [-0.2, 0) is 19.1 Å². The molecule has 0 aromatic rings. The molecule has 0 unspecified atom stereocenters. The van der Waals surface area contributed by atoms with E-state index in [0.717, 1.165) is 0 Å². The molecule has 0 rings (SSSR count). The molecule has 0 aromatic heterocycles. The Hall–Kier alpha value is -1.10. The summed E-state index contributed by atoms with van der Waals surface area (Å²) in [5.74, 6) is -0.577. The molecular weight excluding hydrogens is 186 g/mol. The van der Waals surface area contributed by atoms with Crippen molar-refractivity contribution < 1.29 is 19.1 Å². The topological polar surface area (TPSA) is 55.8 Å². The Balaban J connectivity index is 3.49. The zero-order valence-electron chi connectivity index (χ0n) is 8.91. The molecule has 0 aliphatic heterocycles. The summed E-state index contributed by atoms with van der Waals surface area (Å²) in [7, 11) is 1.76. The number of carbonyl (C=O) groups is 2. The van der Waals surface area contributed by atoms with Crippen molar-refractivity contribution in [2.45, 2.75) is 13.8 Å². The van der Waals surface area contributed by atoms with E-state index >= 15 is 0 Å². The van der Waals surface area contributed by atoms with Gasteiger partial charge in [0.1, 0.15) is 6.61 Å². The van der Waals surface area contributed by atoms with Crippen LogP contribution in [0.3, 0.4) is 0 Å². The fourth-order valence-electron chi connectivity index (χ4n) is 0.851. The lowest BCUT2D eigenvalue weighted by atomic mass is 10.5. The van der Waals surface area contributed by atoms with Gasteiger partial charge in [0.15, 0.2) is 0 Å². The first-order valence-electron chi connectivity index (χ1n) is 4.53. The molecule has 82 valence electrons. The highest BCUT2D eigenvalue weighted by atomic mass is 16.5. The number of ether oxygens (including phenoxy) is 2. The van der Waals surface area contributed by atoms with Crippen molar-refractivity contribution in [3.05, 3.63) is 0 Å². The van der Waals surface area contributed by atoms with E-state index in [1.165, 1.54) is 6.92 Å². The van der Waals surface area contributed by atoms with Crippen molar-refractivity contribution in [2.75, 3.05) is 33.4 Å². The van der Waals surface area contributed by atoms with E-state index in [0.29, 0.717) is 19.8 Å². The van der Waals surface area contributed by atoms with Crippen molar-refractivity contribution in [2.24, 2.45) is 0 Å². The first-order chi connectivity index (χ1) is 6.56. The standard InChI is InChI=1S/C9H17NO4/c1-4-13-9(12)7-10(3)5-6-14-8(2)11/h4-7H2,1-3H3. The maximum absolute atomic E-state index is 11.0. The molecule has 0 aliphatic carbocycles. The zero-order chi connectivity index (χ0) is 11.0. The van der Waals surface area contributed by atoms with Crippen molar-refractivity contribution in [3.8, 4) is 0 Å². The maximum Gasteiger partial charge on any atom is 0.320 e. The largest absolute Gasteiger partial charge is 0.465 e. The van der Waals surface area contributed by atoms with Gasteiger partial charge in [-0.3, -0.25) is 14.5 Å². The van der Waals surface area contributed by atoms with Gasteiger partial charge in [0.25, 0.3) is 0 Å². The van der Waals surface area contributed by atoms with Crippen molar-refractivity contribution >= 4 is 11.9 Å². The lowest BCUT2D eigenvalue weighted by Crippen LogP contribution is -2.30. The molecule has 0 fully saturated rings. The van der Waals surface area contributed by atoms with Gasteiger partial charge in [0.05, 0.1) is 13.2 Å². The van der Waals surface area contributed by atoms with E-state index in [1.54, 1.807) is 18.9 Å². The number of hydrogen-bond acceptors (Lipinski definition) is 5. The zero-order valence-corrected chi connectivity index (χ0v) is 8.91. The molecule has 0 spiro atoms. The summed E-state index contributed by atoms with van der Waals surface area (Å²) < 4.78 is 9.47. The Morgan fingerprint density at radius 1 is 1.29 bits per heavy atom. The Morgan fingerprint density at radius 3 is 2.43 bits per heavy atom. The van der Waals surface area contributed by atoms with Crippen LogP contribution in [-0.4, -0.2) is 50.2 Å². The van der Waals surface area contributed by atoms with E-state index in [2.05, 4.69) is 0 Å². The van der Waals surface area contributed by atoms with Crippen LogP contribution in [0.5, 0.6) is 0 Å². The molecule has 0 N–H and O–H groups in total. The van der Waals surface area contributed by atoms with Crippen LogP contribution >= 0.6 is 0 Å². The third kappa shape index (κ3) is 7.54. The maximum atomic E-state index is 11.0. The van der Waals surface area contributed by atoms with Gasteiger partial charge in [-0.2, -0.15) is 0 Å². The summed E-state index contributed by atoms with van der Waals surface area (Å²) in [6.07, 6.45) is 0. The minimum Gasteiger partial charge on any atom is -0.465 e. The van der Waals surface area contributed by atoms with E-state index in [1.807, 2.05) is 0 Å². The quantitative estimate of drug-likeness (QED) is 0.571. The van der Waals surface area contributed by atoms with Gasteiger partial charge in [-0.05, 0) is 14.0 Å². The second-order valence-corrected chi connectivity index (χ2v) is 2.88. The molecule has 0 radical (unpaired) electrons. The van der Waals surface area contributed by atoms with Gasteiger partial charge in [-0.1, -0.05) is 0 Å². The average Bonchev–Trinajstić information content (AvgIpc) is 2.03. The molecule has 0 bridgehead atoms. The smallest absolute Gasteiger partial charge is 0.320 e. The normalized spacial score (nSPS) is 10.0. The van der Waals surface area contributed by atoms with Crippen LogP contribution in [0.2, 0.25) is 0 Å². The highest BCUT2D eigenvalue weighted by molar-refractivity contribution is 5.71. The van der Waals surface area contributed by atoms with Gasteiger partial charge in [-0.25, -0.2) is 0 Å². The van der Waals surface area contributed by atoms with Crippen molar-refractivity contribution in [3.63, 3.8) is 0 Å². The molecule has 0 amide bonds. The lowest BCUT2D eigenvalue weighted by Gasteiger charge is -2.14. The summed E-state index contributed by atoms with van der Waals surface area (Å²) >= 11 is 0. The third-order valence-electron chi connectivity index (χ3n) is 1.48. The fourth-order valence-corrected chi connectivity index (χ4v) is 0.851. The molecule has 0 heterocycles. The molecule has 0 aliphatic rings. The first-order valence-corrected chi connectivity index (χ1v) is 4.53. The lowest BCUT2D eigenvalue weighted by molar-refractivity contribution is -0.144. The number of hydrogen-bond donors (Lipinski definition) is 0. The number of carbonyl (C=O) groups excluding carboxylic acids is 2. The Morgan fingerprint density at radius 2 is 1.93 bits per heavy atom. The highest BCUT2D eigenvalue weighted by Crippen LogP contribution is 1.87. The van der Waals surface area contributed by atoms with Gasteiger partial charge in [-0.15, -0.1) is 0 Å². The van der Waals surface area contributed by atoms with Gasteiger partial charge in [0, 0.05) is 13.5 Å². The van der Waals surface area contributed by atoms with Crippen molar-refractivity contribution in [1.29, 1.82) is 0 Å². The number of rotatable bonds is 6. The number of nitrogens with zero attached hydrogens (tertiary/aromatic N) is 1. The molecule has 0 saturated carbocycles. The van der Waals surface area contributed by atoms with E-state index in [9.17, 15) is 9.59 Å². The second-order valence-electron chi connectivity index (χ2n) is 2.88. The molecule has 0 aromatic carbocycles. The van der Waals surface area contributed by atoms with Crippen LogP contribution in [0.25, 0.3) is 0 Å². The Kier molecular flexibility index (Phi) is 6.74. The molecule has 5 nitrogen and oxygen atoms in total. The highest BCUT2D eigenvalue weighted by Gasteiger charge is 2.06. The first kappa shape index (κ1) is 12.9. The summed E-state index contributed by atoms with van der Waals surface area (Å²) in [6, 6.07) is 0. The van der Waals surface area contributed by atoms with Crippen LogP contribution in [0, 0.1) is 0 Å². The summed E-state index contributed by atoms with van der Waals surface area (Å²) in [5.41, 5.74) is 0. The minimum atomic E-state index is -0.311. The van der Waals surface area contributed by atoms with E-state index < -0.39 is 0 Å². The monoisotopic (exact) mass is 203 g/mol. The summed E-state index contributed by atoms with van der Waals surface area (Å²) in [5, 5.41) is 0. The SMILES string of the molecule is CCOC(=O)CN(C)CCOC(C)=O. The predicted molar refractivity (Wildman–Crippen MR) is 50.8 cm³/mol. The van der Waals surface area contributed by atoms with Gasteiger partial charge in [0.2, 0.25) is 0 Å². The molecule has 5 heteroatoms. The van der Waals surface area contributed by atoms with Crippen LogP contribution in [0.1, 0.15) is 13.8 Å². The average molecular weight is 203 g/mol. The summed E-state index contributed by atoms with van der Waals surface area (Å²) in [6.45, 7) is 4.54. The molecular formula is C9H17NO4. The van der Waals surface area contributed by atoms with Crippen LogP contribution in [0.4, 0.5) is 0 Å². The minimum absolute atomic E-state index is 0.217. The predicted octanol–water partition coefficient (Wildman–Crippen LogP) is 0.0444. The third-order valence-corrected chi connectivity index (χ3v) is 1.48. The molecule has 0 saturated heterocycles. The molecule has 0 atom stereocenters. The van der Waals surface area contributed by atoms with Gasteiger partial charge < -0.3 is 9.47 Å². The van der Waals surface area contributed by atoms with E-state index in [4.69, 9.17) is 9.47 Å². The second kappa shape index (κ2) is 7.32. The Bertz CT molecular complexity index is 193. The van der Waals surface area contributed by atoms with Crippen LogP contribution < -0.4 is 0 Å². The van der Waals surface area contributed by atoms with E-state index in [-0.39, 0.29) is 18.5 Å². The molecule has 14 heavy (non-hydrogen) atoms. The Labute approximate surface area is 84.0 Å². The van der Waals surface area contributed by atoms with Crippen LogP contribution in [0.15, 0.2) is 0 Å². The van der Waals surface area contributed by atoms with Gasteiger partial charge >= 0.3 is 11.9 Å². The number of likely N-dealkylation sites (N-methyl/N-ethyl adjacent to an activating group) is 1. The summed E-state index contributed by atoms with van der Waals surface area (Å²) in [4.78, 5) is 23.1. The van der Waals surface area contributed by atoms with Crippen molar-refractivity contribution in [1.82, 2.24) is 4.90 Å².